The van der Waals surface area contributed by atoms with Crippen molar-refractivity contribution in [1.82, 2.24) is 96.8 Å². The summed E-state index contributed by atoms with van der Waals surface area (Å²) >= 11 is 9.21. The first-order valence-electron chi connectivity index (χ1n) is 40.4. The van der Waals surface area contributed by atoms with E-state index >= 15 is 0 Å². The van der Waals surface area contributed by atoms with E-state index in [2.05, 4.69) is 78.2 Å². The molecule has 0 N–H and O–H groups in total. The van der Waals surface area contributed by atoms with Crippen LogP contribution in [0.4, 0.5) is 35.1 Å². The maximum Gasteiger partial charge on any atom is 0.434 e. The van der Waals surface area contributed by atoms with Crippen molar-refractivity contribution >= 4 is 85.7 Å². The van der Waals surface area contributed by atoms with Gasteiger partial charge in [0.15, 0.2) is 28.8 Å². The monoisotopic (exact) mass is 1830 g/mol. The molecule has 0 aliphatic carbocycles. The van der Waals surface area contributed by atoms with E-state index in [4.69, 9.17) is 16.6 Å². The van der Waals surface area contributed by atoms with E-state index in [0.29, 0.717) is 29.0 Å². The molecule has 0 saturated carbocycles. The first kappa shape index (κ1) is 87.5. The van der Waals surface area contributed by atoms with Crippen LogP contribution in [0.2, 0.25) is 4.34 Å². The number of carbonyl (C=O) groups excluding carboxylic acids is 4. The van der Waals surface area contributed by atoms with Gasteiger partial charge in [-0.1, -0.05) is 139 Å². The van der Waals surface area contributed by atoms with Crippen molar-refractivity contribution < 1.29 is 54.3 Å². The Kier molecular flexibility index (Phi) is 24.9. The number of thiazole rings is 3. The van der Waals surface area contributed by atoms with E-state index < -0.39 is 35.9 Å². The van der Waals surface area contributed by atoms with E-state index in [1.54, 1.807) is 43.4 Å². The molecule has 24 nitrogen and oxygen atoms in total. The second-order valence-corrected chi connectivity index (χ2v) is 33.9. The van der Waals surface area contributed by atoms with Gasteiger partial charge in [0.25, 0.3) is 6.43 Å². The molecule has 1 atom stereocenters. The molecule has 1 unspecified atom stereocenters. The fraction of sp³-hybridized carbons (Fsp3) is 0.170. The maximum absolute atomic E-state index is 13.2. The van der Waals surface area contributed by atoms with Crippen LogP contribution in [0.15, 0.2) is 255 Å². The summed E-state index contributed by atoms with van der Waals surface area (Å²) < 4.78 is 118. The molecular formula is C94H73ClF8N20O4S3. The van der Waals surface area contributed by atoms with Gasteiger partial charge >= 0.3 is 12.4 Å². The lowest BCUT2D eigenvalue weighted by Crippen LogP contribution is -2.22. The molecule has 0 amide bonds. The number of fused-ring (bicyclic) bond motifs is 4. The summed E-state index contributed by atoms with van der Waals surface area (Å²) in [5.41, 5.74) is 13.5. The van der Waals surface area contributed by atoms with Gasteiger partial charge in [-0.15, -0.1) is 34.0 Å². The molecule has 0 spiro atoms. The predicted octanol–water partition coefficient (Wildman–Crippen LogP) is 21.0. The minimum atomic E-state index is -4.58. The fourth-order valence-corrected chi connectivity index (χ4v) is 18.1. The van der Waals surface area contributed by atoms with E-state index in [1.165, 1.54) is 44.8 Å². The fourth-order valence-electron chi connectivity index (χ4n) is 15.3. The number of nitrogens with zero attached hydrogens (tertiary/aromatic N) is 20. The van der Waals surface area contributed by atoms with E-state index in [0.717, 1.165) is 143 Å². The molecule has 130 heavy (non-hydrogen) atoms. The number of imidazole rings is 4. The molecule has 16 heterocycles. The van der Waals surface area contributed by atoms with E-state index in [1.807, 2.05) is 215 Å². The highest BCUT2D eigenvalue weighted by atomic mass is 35.5. The SMILES string of the molecule is Cc1csc(-c2cnn(C)c2C(=O)CC2CCn3cc(-c4ccccc4)nc3C2)n1.Cn1ncc(-c2cccc(C(F)(F)F)n2)c1C(=O)Cc1ccn2cc(-c3ccccc3)nc2c1.Cn1ncc(-c2nc(C(F)(F)F)cs2)c1C(=O)Cc1ccn2cc(-c3ccccc3)nc2c1.Cn1ncc(-c2nc(C(F)F)c(Cl)s2)c1C(=O)Cc1ccn2cc(-c3ccccc3)nc2c1. The lowest BCUT2D eigenvalue weighted by Gasteiger charge is -2.22. The first-order valence-corrected chi connectivity index (χ1v) is 43.4. The van der Waals surface area contributed by atoms with Crippen molar-refractivity contribution in [2.24, 2.45) is 34.1 Å². The molecule has 4 aromatic carbocycles. The Balaban J connectivity index is 0.000000122. The smallest absolute Gasteiger partial charge is 0.334 e. The molecule has 19 aromatic rings. The Bertz CT molecular complexity index is 7390. The molecule has 654 valence electrons. The Morgan fingerprint density at radius 2 is 0.831 bits per heavy atom. The summed E-state index contributed by atoms with van der Waals surface area (Å²) in [7, 11) is 6.62. The Morgan fingerprint density at radius 1 is 0.431 bits per heavy atom. The highest BCUT2D eigenvalue weighted by Gasteiger charge is 2.37. The normalized spacial score (nSPS) is 12.7. The van der Waals surface area contributed by atoms with Crippen molar-refractivity contribution in [1.29, 1.82) is 0 Å². The van der Waals surface area contributed by atoms with Crippen molar-refractivity contribution in [2.45, 2.75) is 70.8 Å². The quantitative estimate of drug-likeness (QED) is 0.0478. The third-order valence-electron chi connectivity index (χ3n) is 21.6. The number of aromatic nitrogens is 20. The van der Waals surface area contributed by atoms with Gasteiger partial charge in [-0.2, -0.15) is 46.7 Å². The van der Waals surface area contributed by atoms with Crippen LogP contribution in [0.3, 0.4) is 0 Å². The summed E-state index contributed by atoms with van der Waals surface area (Å²) in [6, 6.07) is 54.2. The van der Waals surface area contributed by atoms with Crippen LogP contribution in [-0.4, -0.2) is 120 Å². The second-order valence-electron chi connectivity index (χ2n) is 30.6. The molecule has 15 aromatic heterocycles. The molecular weight excluding hydrogens is 1760 g/mol. The number of pyridine rings is 4. The number of carbonyl (C=O) groups is 4. The number of Topliss-reactive ketones (excluding diaryl/α,β-unsaturated/α-hetero) is 4. The first-order chi connectivity index (χ1) is 62.6. The number of rotatable bonds is 21. The van der Waals surface area contributed by atoms with Crippen LogP contribution >= 0.6 is 45.6 Å². The third kappa shape index (κ3) is 19.2. The topological polar surface area (TPSA) is 261 Å². The van der Waals surface area contributed by atoms with Crippen LogP contribution in [0.25, 0.3) is 105 Å². The number of aryl methyl sites for hydroxylation is 6. The number of hydrogen-bond acceptors (Lipinski definition) is 19. The van der Waals surface area contributed by atoms with Gasteiger partial charge in [-0.3, -0.25) is 37.9 Å². The molecule has 0 radical (unpaired) electrons. The molecule has 0 fully saturated rings. The van der Waals surface area contributed by atoms with Gasteiger partial charge in [-0.05, 0) is 84.5 Å². The number of ketones is 4. The third-order valence-corrected chi connectivity index (χ3v) is 24.8. The zero-order chi connectivity index (χ0) is 90.8. The van der Waals surface area contributed by atoms with Crippen LogP contribution in [0.5, 0.6) is 0 Å². The molecule has 0 bridgehead atoms. The second kappa shape index (κ2) is 37.0. The average molecular weight is 1830 g/mol. The summed E-state index contributed by atoms with van der Waals surface area (Å²) in [6.45, 7) is 2.86. The zero-order valence-corrected chi connectivity index (χ0v) is 72.8. The van der Waals surface area contributed by atoms with Crippen LogP contribution < -0.4 is 0 Å². The highest BCUT2D eigenvalue weighted by Crippen LogP contribution is 2.41. The minimum absolute atomic E-state index is 0.0372. The summed E-state index contributed by atoms with van der Waals surface area (Å²) in [4.78, 5) is 87.4. The standard InChI is InChI=1S/C25H18F3N5O.C23H16ClF2N5OS.C23H16F3N5OS.C23H23N5OS/c1-32-24(18(14-29-32)19-8-5-9-22(30-19)25(26,27)28)21(34)12-16-10-11-33-15-20(31-23(33)13-16)17-6-3-2-4-7-17;1-30-20(15(11-27-30)23-29-19(22(25)26)21(24)33-23)17(32)9-13-7-8-31-12-16(28-18(31)10-13)14-5-3-2-4-6-14;1-30-21(16(11-27-30)22-29-19(13-33-22)23(24,25)26)18(32)9-14-7-8-31-12-17(28-20(31)10-14)15-5-3-2-4-6-15;1-15-14-30-23(25-15)18-12-24-27(2)22(18)20(29)10-16-8-9-28-13-19(26-21(28)11-16)17-6-4-3-5-7-17/h2-11,13-15H,12H2,1H3;2-8,10-12,22H,9H2,1H3;2-8,10-13H,9H2,1H3;3-7,12-14,16H,8-11H2,1-2H3. The molecule has 36 heteroatoms. The summed E-state index contributed by atoms with van der Waals surface area (Å²) in [6.07, 6.45) is 9.91. The number of halogens is 9. The number of hydrogen-bond donors (Lipinski definition) is 0. The molecule has 1 aliphatic rings. The van der Waals surface area contributed by atoms with Crippen LogP contribution in [0.1, 0.15) is 107 Å². The molecule has 1 aliphatic heterocycles. The lowest BCUT2D eigenvalue weighted by atomic mass is 9.91. The maximum atomic E-state index is 13.2. The van der Waals surface area contributed by atoms with Gasteiger partial charge in [-0.25, -0.2) is 48.7 Å². The van der Waals surface area contributed by atoms with Gasteiger partial charge in [0, 0.05) is 154 Å². The average Bonchev–Trinajstić information content (AvgIpc) is 1.59. The minimum Gasteiger partial charge on any atom is -0.334 e. The Morgan fingerprint density at radius 3 is 1.24 bits per heavy atom. The number of alkyl halides is 8. The van der Waals surface area contributed by atoms with Crippen molar-refractivity contribution in [3.8, 4) is 88.0 Å². The lowest BCUT2D eigenvalue weighted by molar-refractivity contribution is -0.141. The van der Waals surface area contributed by atoms with Crippen molar-refractivity contribution in [2.75, 3.05) is 0 Å². The van der Waals surface area contributed by atoms with Gasteiger partial charge in [0.1, 0.15) is 76.3 Å². The van der Waals surface area contributed by atoms with Crippen molar-refractivity contribution in [3.63, 3.8) is 0 Å². The molecule has 0 saturated heterocycles. The Hall–Kier alpha value is -14.6. The summed E-state index contributed by atoms with van der Waals surface area (Å²) in [5, 5.41) is 20.8. The van der Waals surface area contributed by atoms with Crippen LogP contribution in [0, 0.1) is 12.8 Å². The summed E-state index contributed by atoms with van der Waals surface area (Å²) in [5.74, 6) is 0.720. The molecule has 20 rings (SSSR count). The highest BCUT2D eigenvalue weighted by molar-refractivity contribution is 7.19. The largest absolute Gasteiger partial charge is 0.434 e. The van der Waals surface area contributed by atoms with E-state index in [-0.39, 0.29) is 96.6 Å². The van der Waals surface area contributed by atoms with Gasteiger partial charge in [0.05, 0.1) is 69.9 Å². The van der Waals surface area contributed by atoms with Gasteiger partial charge < -0.3 is 17.8 Å². The number of benzene rings is 4. The Labute approximate surface area is 752 Å². The van der Waals surface area contributed by atoms with Gasteiger partial charge in [0.2, 0.25) is 0 Å². The van der Waals surface area contributed by atoms with Crippen LogP contribution in [-0.2, 0) is 72.8 Å². The van der Waals surface area contributed by atoms with Crippen molar-refractivity contribution in [3.05, 3.63) is 327 Å². The zero-order valence-electron chi connectivity index (χ0n) is 69.6. The van der Waals surface area contributed by atoms with E-state index in [9.17, 15) is 54.3 Å². The predicted molar refractivity (Wildman–Crippen MR) is 479 cm³/mol.